The van der Waals surface area contributed by atoms with Crippen molar-refractivity contribution in [1.29, 1.82) is 0 Å². The average Bonchev–Trinajstić information content (AvgIpc) is 3.10. The van der Waals surface area contributed by atoms with Crippen LogP contribution in [0.25, 0.3) is 11.1 Å². The van der Waals surface area contributed by atoms with Gasteiger partial charge in [-0.3, -0.25) is 9.59 Å². The van der Waals surface area contributed by atoms with E-state index in [9.17, 15) is 9.59 Å². The van der Waals surface area contributed by atoms with Gasteiger partial charge in [0.15, 0.2) is 0 Å². The number of amides is 2. The Morgan fingerprint density at radius 2 is 1.85 bits per heavy atom. The van der Waals surface area contributed by atoms with E-state index in [0.29, 0.717) is 18.3 Å². The second-order valence-electron chi connectivity index (χ2n) is 7.98. The van der Waals surface area contributed by atoms with Crippen LogP contribution < -0.4 is 5.32 Å². The third kappa shape index (κ3) is 3.48. The van der Waals surface area contributed by atoms with Gasteiger partial charge in [-0.15, -0.1) is 0 Å². The molecule has 4 rings (SSSR count). The van der Waals surface area contributed by atoms with E-state index in [2.05, 4.69) is 30.4 Å². The molecule has 0 unspecified atom stereocenters. The summed E-state index contributed by atoms with van der Waals surface area (Å²) in [6, 6.07) is 16.3. The molecule has 2 amide bonds. The minimum Gasteiger partial charge on any atom is -0.356 e. The zero-order valence-electron chi connectivity index (χ0n) is 15.9. The number of carbonyl (C=O) groups is 2. The number of benzene rings is 2. The molecule has 1 saturated carbocycles. The number of nitrogens with zero attached hydrogens (tertiary/aromatic N) is 1. The first-order valence-electron chi connectivity index (χ1n) is 9.73. The number of rotatable bonds is 3. The van der Waals surface area contributed by atoms with E-state index in [4.69, 9.17) is 0 Å². The monoisotopic (exact) mass is 362 g/mol. The van der Waals surface area contributed by atoms with Crippen LogP contribution >= 0.6 is 0 Å². The summed E-state index contributed by atoms with van der Waals surface area (Å²) in [6.07, 6.45) is 2.50. The van der Waals surface area contributed by atoms with Gasteiger partial charge < -0.3 is 10.2 Å². The van der Waals surface area contributed by atoms with Crippen molar-refractivity contribution in [1.82, 2.24) is 10.2 Å². The minimum absolute atomic E-state index is 0.0649. The predicted octanol–water partition coefficient (Wildman–Crippen LogP) is 3.65. The zero-order chi connectivity index (χ0) is 19.0. The lowest BCUT2D eigenvalue weighted by molar-refractivity contribution is -0.124. The number of carbonyl (C=O) groups excluding carboxylic acids is 2. The molecule has 3 atom stereocenters. The van der Waals surface area contributed by atoms with Gasteiger partial charge in [-0.25, -0.2) is 0 Å². The van der Waals surface area contributed by atoms with Gasteiger partial charge in [0.2, 0.25) is 5.91 Å². The fourth-order valence-electron chi connectivity index (χ4n) is 4.64. The SMILES string of the molecule is Cc1cccc(-c2ccccc2C(=O)N(C)[C@H]2C[C@H]3CNC(=O)C[C@H]3C2)c1. The predicted molar refractivity (Wildman–Crippen MR) is 106 cm³/mol. The summed E-state index contributed by atoms with van der Waals surface area (Å²) in [6.45, 7) is 2.82. The molecule has 4 heteroatoms. The van der Waals surface area contributed by atoms with E-state index in [1.807, 2.05) is 42.3 Å². The molecular weight excluding hydrogens is 336 g/mol. The third-order valence-electron chi connectivity index (χ3n) is 6.18. The van der Waals surface area contributed by atoms with Gasteiger partial charge in [0, 0.05) is 31.6 Å². The van der Waals surface area contributed by atoms with E-state index >= 15 is 0 Å². The Kier molecular flexibility index (Phi) is 4.73. The number of aryl methyl sites for hydroxylation is 1. The molecule has 1 aliphatic carbocycles. The average molecular weight is 362 g/mol. The smallest absolute Gasteiger partial charge is 0.254 e. The van der Waals surface area contributed by atoms with Crippen LogP contribution in [0.2, 0.25) is 0 Å². The van der Waals surface area contributed by atoms with Crippen LogP contribution in [0.15, 0.2) is 48.5 Å². The maximum atomic E-state index is 13.3. The van der Waals surface area contributed by atoms with Gasteiger partial charge in [0.25, 0.3) is 5.91 Å². The largest absolute Gasteiger partial charge is 0.356 e. The molecule has 2 aromatic carbocycles. The number of piperidine rings is 1. The molecule has 0 spiro atoms. The van der Waals surface area contributed by atoms with E-state index in [1.165, 1.54) is 5.56 Å². The summed E-state index contributed by atoms with van der Waals surface area (Å²) >= 11 is 0. The van der Waals surface area contributed by atoms with Crippen molar-refractivity contribution in [3.63, 3.8) is 0 Å². The molecular formula is C23H26N2O2. The molecule has 140 valence electrons. The molecule has 1 heterocycles. The molecule has 27 heavy (non-hydrogen) atoms. The summed E-state index contributed by atoms with van der Waals surface area (Å²) in [5.74, 6) is 1.12. The summed E-state index contributed by atoms with van der Waals surface area (Å²) in [4.78, 5) is 26.9. The number of nitrogens with one attached hydrogen (secondary N) is 1. The van der Waals surface area contributed by atoms with Gasteiger partial charge in [-0.05, 0) is 48.8 Å². The van der Waals surface area contributed by atoms with Crippen LogP contribution in [0.1, 0.15) is 35.2 Å². The highest BCUT2D eigenvalue weighted by Crippen LogP contribution is 2.39. The summed E-state index contributed by atoms with van der Waals surface area (Å²) in [5, 5.41) is 2.97. The Balaban J connectivity index is 1.57. The van der Waals surface area contributed by atoms with Crippen LogP contribution in [0.3, 0.4) is 0 Å². The fourth-order valence-corrected chi connectivity index (χ4v) is 4.64. The Hall–Kier alpha value is -2.62. The Morgan fingerprint density at radius 3 is 2.67 bits per heavy atom. The number of hydrogen-bond donors (Lipinski definition) is 1. The lowest BCUT2D eigenvalue weighted by Crippen LogP contribution is -2.38. The molecule has 0 bridgehead atoms. The van der Waals surface area contributed by atoms with Crippen LogP contribution in [-0.2, 0) is 4.79 Å². The van der Waals surface area contributed by atoms with E-state index in [0.717, 1.165) is 36.1 Å². The van der Waals surface area contributed by atoms with E-state index in [-0.39, 0.29) is 17.9 Å². The quantitative estimate of drug-likeness (QED) is 0.906. The summed E-state index contributed by atoms with van der Waals surface area (Å²) in [7, 11) is 1.91. The van der Waals surface area contributed by atoms with Crippen molar-refractivity contribution in [2.45, 2.75) is 32.2 Å². The minimum atomic E-state index is 0.0649. The molecule has 1 N–H and O–H groups in total. The van der Waals surface area contributed by atoms with Gasteiger partial charge >= 0.3 is 0 Å². The maximum absolute atomic E-state index is 13.3. The molecule has 2 aliphatic rings. The second-order valence-corrected chi connectivity index (χ2v) is 7.98. The van der Waals surface area contributed by atoms with Gasteiger partial charge in [-0.1, -0.05) is 48.0 Å². The first-order valence-corrected chi connectivity index (χ1v) is 9.73. The standard InChI is InChI=1S/C23H26N2O2/c1-15-6-5-7-16(10-15)20-8-3-4-9-21(20)23(27)25(2)19-11-17-13-22(26)24-14-18(17)12-19/h3-10,17-19H,11-14H2,1-2H3,(H,24,26)/t17-,18+,19-/m1/s1. The lowest BCUT2D eigenvalue weighted by Gasteiger charge is -2.26. The van der Waals surface area contributed by atoms with Crippen molar-refractivity contribution in [3.8, 4) is 11.1 Å². The van der Waals surface area contributed by atoms with Crippen molar-refractivity contribution in [3.05, 3.63) is 59.7 Å². The Bertz CT molecular complexity index is 876. The highest BCUT2D eigenvalue weighted by molar-refractivity contribution is 6.01. The van der Waals surface area contributed by atoms with Crippen molar-refractivity contribution in [2.75, 3.05) is 13.6 Å². The molecule has 4 nitrogen and oxygen atoms in total. The molecule has 0 aromatic heterocycles. The molecule has 1 saturated heterocycles. The van der Waals surface area contributed by atoms with Crippen molar-refractivity contribution < 1.29 is 9.59 Å². The number of hydrogen-bond acceptors (Lipinski definition) is 2. The highest BCUT2D eigenvalue weighted by Gasteiger charge is 2.40. The van der Waals surface area contributed by atoms with Gasteiger partial charge in [0.05, 0.1) is 0 Å². The molecule has 2 fully saturated rings. The van der Waals surface area contributed by atoms with Crippen LogP contribution in [0.5, 0.6) is 0 Å². The van der Waals surface area contributed by atoms with Crippen LogP contribution in [0.4, 0.5) is 0 Å². The van der Waals surface area contributed by atoms with E-state index < -0.39 is 0 Å². The molecule has 0 radical (unpaired) electrons. The van der Waals surface area contributed by atoms with Crippen molar-refractivity contribution in [2.24, 2.45) is 11.8 Å². The number of fused-ring (bicyclic) bond motifs is 1. The summed E-state index contributed by atoms with van der Waals surface area (Å²) < 4.78 is 0. The van der Waals surface area contributed by atoms with Crippen LogP contribution in [-0.4, -0.2) is 36.3 Å². The third-order valence-corrected chi connectivity index (χ3v) is 6.18. The van der Waals surface area contributed by atoms with E-state index in [1.54, 1.807) is 0 Å². The maximum Gasteiger partial charge on any atom is 0.254 e. The first kappa shape index (κ1) is 17.8. The lowest BCUT2D eigenvalue weighted by atomic mass is 9.89. The fraction of sp³-hybridized carbons (Fsp3) is 0.391. The molecule has 1 aliphatic heterocycles. The van der Waals surface area contributed by atoms with Gasteiger partial charge in [0.1, 0.15) is 0 Å². The van der Waals surface area contributed by atoms with Crippen LogP contribution in [0, 0.1) is 18.8 Å². The Morgan fingerprint density at radius 1 is 1.07 bits per heavy atom. The topological polar surface area (TPSA) is 49.4 Å². The second kappa shape index (κ2) is 7.18. The zero-order valence-corrected chi connectivity index (χ0v) is 15.9. The van der Waals surface area contributed by atoms with Gasteiger partial charge in [-0.2, -0.15) is 0 Å². The first-order chi connectivity index (χ1) is 13.0. The van der Waals surface area contributed by atoms with Crippen molar-refractivity contribution >= 4 is 11.8 Å². The Labute approximate surface area is 160 Å². The molecule has 2 aromatic rings. The summed E-state index contributed by atoms with van der Waals surface area (Å²) in [5.41, 5.74) is 3.97. The normalized spacial score (nSPS) is 24.2. The highest BCUT2D eigenvalue weighted by atomic mass is 16.2.